The van der Waals surface area contributed by atoms with Gasteiger partial charge in [0.1, 0.15) is 0 Å². The van der Waals surface area contributed by atoms with E-state index in [4.69, 9.17) is 0 Å². The topological polar surface area (TPSA) is 13.0 Å². The van der Waals surface area contributed by atoms with Crippen LogP contribution in [0.2, 0.25) is 0 Å². The molecule has 14 heavy (non-hydrogen) atoms. The zero-order chi connectivity index (χ0) is 9.71. The van der Waals surface area contributed by atoms with E-state index >= 15 is 0 Å². The van der Waals surface area contributed by atoms with Gasteiger partial charge in [0.25, 0.3) is 0 Å². The van der Waals surface area contributed by atoms with Crippen LogP contribution in [0, 0.1) is 0 Å². The van der Waals surface area contributed by atoms with E-state index in [2.05, 4.69) is 58.5 Å². The number of nitrogens with zero attached hydrogens (tertiary/aromatic N) is 4. The SMILES string of the molecule is CN1C=CN2CN3C=CN(C)[C]3=[Pd]=[C]12. The van der Waals surface area contributed by atoms with Gasteiger partial charge in [-0.3, -0.25) is 0 Å². The van der Waals surface area contributed by atoms with Crippen molar-refractivity contribution >= 4 is 8.46 Å². The summed E-state index contributed by atoms with van der Waals surface area (Å²) in [5.41, 5.74) is 0. The molecule has 3 heterocycles. The Morgan fingerprint density at radius 1 is 0.929 bits per heavy atom. The number of hydrogen-bond donors (Lipinski definition) is 0. The Morgan fingerprint density at radius 3 is 1.93 bits per heavy atom. The molecule has 0 amide bonds. The summed E-state index contributed by atoms with van der Waals surface area (Å²) in [6.45, 7) is 0.949. The van der Waals surface area contributed by atoms with Crippen LogP contribution in [0.25, 0.3) is 0 Å². The van der Waals surface area contributed by atoms with E-state index in [-0.39, 0.29) is 0 Å². The van der Waals surface area contributed by atoms with Gasteiger partial charge in [-0.1, -0.05) is 0 Å². The first-order valence-electron chi connectivity index (χ1n) is 4.44. The van der Waals surface area contributed by atoms with Gasteiger partial charge in [-0.05, 0) is 0 Å². The third-order valence-corrected chi connectivity index (χ3v) is 5.05. The number of rotatable bonds is 0. The van der Waals surface area contributed by atoms with Crippen molar-refractivity contribution in [3.8, 4) is 0 Å². The zero-order valence-corrected chi connectivity index (χ0v) is 9.68. The summed E-state index contributed by atoms with van der Waals surface area (Å²) >= 11 is 0.531. The van der Waals surface area contributed by atoms with Gasteiger partial charge in [0.15, 0.2) is 0 Å². The maximum atomic E-state index is 2.31. The summed E-state index contributed by atoms with van der Waals surface area (Å²) in [5, 5.41) is 0. The van der Waals surface area contributed by atoms with E-state index in [0.29, 0.717) is 17.1 Å². The second kappa shape index (κ2) is 2.79. The quantitative estimate of drug-likeness (QED) is 0.563. The molecule has 0 N–H and O–H groups in total. The maximum absolute atomic E-state index is 2.31. The van der Waals surface area contributed by atoms with Crippen LogP contribution >= 0.6 is 0 Å². The van der Waals surface area contributed by atoms with E-state index < -0.39 is 0 Å². The molecule has 5 heteroatoms. The third-order valence-electron chi connectivity index (χ3n) is 2.36. The molecule has 0 aromatic heterocycles. The molecule has 4 nitrogen and oxygen atoms in total. The standard InChI is InChI=1S/C9H12N4.Pd/c1-10-3-5-12(7-10)9-13-6-4-11(2)8-13;/h3-6H,9H2,1-2H3;. The van der Waals surface area contributed by atoms with Crippen LogP contribution in [0.15, 0.2) is 24.8 Å². The second-order valence-corrected chi connectivity index (χ2v) is 5.24. The fraction of sp³-hybridized carbons (Fsp3) is 0.333. The molecule has 0 unspecified atom stereocenters. The Labute approximate surface area is 90.9 Å². The van der Waals surface area contributed by atoms with Gasteiger partial charge in [-0.25, -0.2) is 0 Å². The fourth-order valence-electron chi connectivity index (χ4n) is 1.63. The third kappa shape index (κ3) is 1.03. The van der Waals surface area contributed by atoms with Crippen molar-refractivity contribution < 1.29 is 17.1 Å². The Kier molecular flexibility index (Phi) is 1.67. The molecule has 0 spiro atoms. The predicted molar refractivity (Wildman–Crippen MR) is 52.4 cm³/mol. The van der Waals surface area contributed by atoms with Gasteiger partial charge in [-0.2, -0.15) is 0 Å². The normalized spacial score (nSPS) is 24.4. The van der Waals surface area contributed by atoms with Gasteiger partial charge in [0.05, 0.1) is 0 Å². The molecule has 3 aliphatic heterocycles. The van der Waals surface area contributed by atoms with Crippen molar-refractivity contribution in [1.82, 2.24) is 19.6 Å². The molecule has 3 rings (SSSR count). The van der Waals surface area contributed by atoms with Gasteiger partial charge >= 0.3 is 90.7 Å². The molecule has 0 radical (unpaired) electrons. The molecular formula is C9H12N4Pd. The minimum absolute atomic E-state index is 0.531. The Morgan fingerprint density at radius 2 is 1.43 bits per heavy atom. The van der Waals surface area contributed by atoms with E-state index in [1.54, 1.807) is 0 Å². The number of hydrogen-bond acceptors (Lipinski definition) is 4. The van der Waals surface area contributed by atoms with Gasteiger partial charge in [0, 0.05) is 0 Å². The summed E-state index contributed by atoms with van der Waals surface area (Å²) in [4.78, 5) is 9.04. The van der Waals surface area contributed by atoms with Crippen molar-refractivity contribution in [2.45, 2.75) is 0 Å². The summed E-state index contributed by atoms with van der Waals surface area (Å²) in [6, 6.07) is 0. The Hall–Kier alpha value is -0.918. The van der Waals surface area contributed by atoms with Crippen molar-refractivity contribution in [1.29, 1.82) is 0 Å². The summed E-state index contributed by atoms with van der Waals surface area (Å²) in [5.74, 6) is 0. The first-order chi connectivity index (χ1) is 6.75. The average Bonchev–Trinajstić information content (AvgIpc) is 2.71. The number of fused-ring (bicyclic) bond motifs is 2. The van der Waals surface area contributed by atoms with Crippen LogP contribution in [0.3, 0.4) is 0 Å². The summed E-state index contributed by atoms with van der Waals surface area (Å²) in [7, 11) is 4.23. The monoisotopic (exact) mass is 282 g/mol. The van der Waals surface area contributed by atoms with Gasteiger partial charge in [-0.15, -0.1) is 0 Å². The van der Waals surface area contributed by atoms with Crippen LogP contribution in [-0.4, -0.2) is 48.8 Å². The molecule has 0 bridgehead atoms. The van der Waals surface area contributed by atoms with E-state index in [9.17, 15) is 0 Å². The van der Waals surface area contributed by atoms with Crippen LogP contribution in [-0.2, 0) is 17.1 Å². The van der Waals surface area contributed by atoms with Crippen LogP contribution in [0.1, 0.15) is 0 Å². The first kappa shape index (κ1) is 8.40. The molecule has 3 aliphatic rings. The Bertz CT molecular complexity index is 371. The first-order valence-corrected chi connectivity index (χ1v) is 5.99. The Balaban J connectivity index is 2.11. The van der Waals surface area contributed by atoms with Crippen molar-refractivity contribution in [2.75, 3.05) is 20.8 Å². The predicted octanol–water partition coefficient (Wildman–Crippen LogP) is -0.348. The van der Waals surface area contributed by atoms with Gasteiger partial charge < -0.3 is 0 Å². The molecule has 0 saturated carbocycles. The van der Waals surface area contributed by atoms with Crippen molar-refractivity contribution in [3.63, 3.8) is 0 Å². The van der Waals surface area contributed by atoms with Crippen molar-refractivity contribution in [3.05, 3.63) is 24.8 Å². The van der Waals surface area contributed by atoms with Crippen LogP contribution in [0.5, 0.6) is 0 Å². The molecular weight excluding hydrogens is 271 g/mol. The summed E-state index contributed by atoms with van der Waals surface area (Å²) in [6.07, 6.45) is 8.55. The molecule has 0 aliphatic carbocycles. The molecule has 0 aromatic rings. The van der Waals surface area contributed by atoms with Gasteiger partial charge in [0.2, 0.25) is 0 Å². The average molecular weight is 283 g/mol. The molecule has 0 saturated heterocycles. The van der Waals surface area contributed by atoms with Crippen LogP contribution in [0.4, 0.5) is 0 Å². The molecule has 0 atom stereocenters. The fourth-order valence-corrected chi connectivity index (χ4v) is 3.61. The zero-order valence-electron chi connectivity index (χ0n) is 8.12. The van der Waals surface area contributed by atoms with Crippen molar-refractivity contribution in [2.24, 2.45) is 0 Å². The molecule has 0 aromatic carbocycles. The summed E-state index contributed by atoms with van der Waals surface area (Å²) < 4.78 is 2.83. The second-order valence-electron chi connectivity index (χ2n) is 3.46. The van der Waals surface area contributed by atoms with Crippen LogP contribution < -0.4 is 0 Å². The van der Waals surface area contributed by atoms with E-state index in [1.165, 1.54) is 8.46 Å². The minimum atomic E-state index is 0.531. The van der Waals surface area contributed by atoms with E-state index in [1.807, 2.05) is 0 Å². The van der Waals surface area contributed by atoms with E-state index in [0.717, 1.165) is 6.67 Å². The molecule has 78 valence electrons. The molecule has 0 fully saturated rings.